The van der Waals surface area contributed by atoms with Gasteiger partial charge < -0.3 is 44.9 Å². The first-order valence-corrected chi connectivity index (χ1v) is 10.5. The third kappa shape index (κ3) is 3.07. The molecule has 4 aliphatic rings. The first-order chi connectivity index (χ1) is 15.8. The molecule has 5 N–H and O–H groups in total. The molecule has 12 nitrogen and oxygen atoms in total. The number of carboxylic acid groups (broad SMARTS) is 2. The Morgan fingerprint density at radius 3 is 2.41 bits per heavy atom. The number of piperidine rings is 1. The van der Waals surface area contributed by atoms with Crippen LogP contribution in [0.1, 0.15) is 17.5 Å². The minimum Gasteiger partial charge on any atom is -0.633 e. The number of aliphatic carboxylic acids is 2. The molecule has 1 fully saturated rings. The molecule has 1 unspecified atom stereocenters. The summed E-state index contributed by atoms with van der Waals surface area (Å²) in [5, 5.41) is 57.2. The number of likely N-dealkylation sites (tertiary alicyclic amines) is 1. The number of hydrogen-bond donors (Lipinski definition) is 5. The topological polar surface area (TPSA) is 194 Å². The lowest BCUT2D eigenvalue weighted by Crippen LogP contribution is -2.78. The van der Waals surface area contributed by atoms with E-state index < -0.39 is 52.0 Å². The van der Waals surface area contributed by atoms with Crippen molar-refractivity contribution in [3.8, 4) is 11.5 Å². The number of carbonyl (C=O) groups is 3. The molecule has 2 bridgehead atoms. The zero-order valence-electron chi connectivity index (χ0n) is 18.4. The largest absolute Gasteiger partial charge is 0.633 e. The normalized spacial score (nSPS) is 35.8. The van der Waals surface area contributed by atoms with Crippen LogP contribution in [0.25, 0.3) is 0 Å². The van der Waals surface area contributed by atoms with E-state index in [0.717, 1.165) is 11.1 Å². The van der Waals surface area contributed by atoms with Crippen molar-refractivity contribution in [2.24, 2.45) is 0 Å². The molecule has 2 aliphatic heterocycles. The Morgan fingerprint density at radius 2 is 1.85 bits per heavy atom. The van der Waals surface area contributed by atoms with E-state index in [-0.39, 0.29) is 5.78 Å². The van der Waals surface area contributed by atoms with Crippen molar-refractivity contribution in [1.82, 2.24) is 0 Å². The first kappa shape index (κ1) is 24.1. The molecule has 2 aliphatic carbocycles. The molecule has 12 heteroatoms. The molecule has 0 radical (unpaired) electrons. The van der Waals surface area contributed by atoms with Crippen LogP contribution in [-0.2, 0) is 26.2 Å². The number of aliphatic hydroxyl groups excluding tert-OH is 2. The van der Waals surface area contributed by atoms with Gasteiger partial charge in [-0.25, -0.2) is 9.59 Å². The van der Waals surface area contributed by atoms with Gasteiger partial charge in [-0.05, 0) is 23.8 Å². The number of hydrogen-bond acceptors (Lipinski definition) is 9. The average molecular weight is 479 g/mol. The molecule has 7 atom stereocenters. The molecule has 1 saturated heterocycles. The van der Waals surface area contributed by atoms with Crippen LogP contribution in [0.3, 0.4) is 0 Å². The maximum absolute atomic E-state index is 13.1. The number of likely N-dealkylation sites (N-methyl/N-ethyl adjacent to an activating group) is 1. The van der Waals surface area contributed by atoms with E-state index in [1.165, 1.54) is 6.08 Å². The monoisotopic (exact) mass is 479 g/mol. The van der Waals surface area contributed by atoms with Gasteiger partial charge >= 0.3 is 11.9 Å². The summed E-state index contributed by atoms with van der Waals surface area (Å²) in [6.45, 7) is 0.351. The maximum Gasteiger partial charge on any atom is 0.335 e. The van der Waals surface area contributed by atoms with Crippen LogP contribution in [-0.4, -0.2) is 98.6 Å². The Morgan fingerprint density at radius 1 is 1.24 bits per heavy atom. The molecule has 2 heterocycles. The summed E-state index contributed by atoms with van der Waals surface area (Å²) in [6.07, 6.45) is -1.53. The molecule has 34 heavy (non-hydrogen) atoms. The van der Waals surface area contributed by atoms with Gasteiger partial charge in [-0.2, -0.15) is 0 Å². The number of quaternary nitrogens is 1. The summed E-state index contributed by atoms with van der Waals surface area (Å²) in [5.74, 6) is -2.58. The van der Waals surface area contributed by atoms with Crippen LogP contribution in [0.15, 0.2) is 24.3 Å². The van der Waals surface area contributed by atoms with Gasteiger partial charge in [0.15, 0.2) is 35.6 Å². The summed E-state index contributed by atoms with van der Waals surface area (Å²) < 4.78 is 11.0. The third-order valence-electron chi connectivity index (χ3n) is 7.37. The Kier molecular flexibility index (Phi) is 5.49. The second kappa shape index (κ2) is 7.75. The fourth-order valence-electron chi connectivity index (χ4n) is 5.71. The molecule has 1 spiro atoms. The van der Waals surface area contributed by atoms with Crippen molar-refractivity contribution >= 4 is 17.7 Å². The maximum atomic E-state index is 13.1. The Bertz CT molecular complexity index is 1080. The van der Waals surface area contributed by atoms with Crippen molar-refractivity contribution in [2.45, 2.75) is 48.2 Å². The summed E-state index contributed by atoms with van der Waals surface area (Å²) in [7, 11) is 3.17. The number of benzene rings is 1. The van der Waals surface area contributed by atoms with Crippen molar-refractivity contribution < 1.29 is 54.0 Å². The van der Waals surface area contributed by atoms with E-state index in [0.29, 0.717) is 30.9 Å². The highest BCUT2D eigenvalue weighted by atomic mass is 16.6. The number of aliphatic hydroxyl groups is 3. The Hall–Kier alpha value is -3.03. The number of rotatable bonds is 4. The number of carboxylic acids is 2. The minimum absolute atomic E-state index is 0.161. The predicted octanol–water partition coefficient (Wildman–Crippen LogP) is -1.29. The zero-order valence-corrected chi connectivity index (χ0v) is 18.4. The van der Waals surface area contributed by atoms with Crippen LogP contribution in [0, 0.1) is 5.21 Å². The van der Waals surface area contributed by atoms with Crippen LogP contribution in [0.5, 0.6) is 11.5 Å². The third-order valence-corrected chi connectivity index (χ3v) is 7.37. The number of carbonyl (C=O) groups excluding carboxylic acids is 1. The Balaban J connectivity index is 0.000000235. The molecule has 0 aromatic heterocycles. The van der Waals surface area contributed by atoms with Crippen molar-refractivity contribution in [2.75, 3.05) is 20.7 Å². The van der Waals surface area contributed by atoms with Gasteiger partial charge in [-0.3, -0.25) is 4.79 Å². The quantitative estimate of drug-likeness (QED) is 0.255. The summed E-state index contributed by atoms with van der Waals surface area (Å²) >= 11 is 0. The predicted molar refractivity (Wildman–Crippen MR) is 112 cm³/mol. The molecular weight excluding hydrogens is 454 g/mol. The van der Waals surface area contributed by atoms with Crippen molar-refractivity contribution in [3.63, 3.8) is 0 Å². The summed E-state index contributed by atoms with van der Waals surface area (Å²) in [4.78, 5) is 32.1. The van der Waals surface area contributed by atoms with Gasteiger partial charge in [-0.15, -0.1) is 0 Å². The van der Waals surface area contributed by atoms with E-state index in [1.54, 1.807) is 20.2 Å². The van der Waals surface area contributed by atoms with E-state index in [2.05, 4.69) is 0 Å². The second-order valence-corrected chi connectivity index (χ2v) is 9.10. The van der Waals surface area contributed by atoms with Gasteiger partial charge in [-0.1, -0.05) is 6.07 Å². The average Bonchev–Trinajstić information content (AvgIpc) is 3.14. The van der Waals surface area contributed by atoms with E-state index in [9.17, 15) is 24.7 Å². The van der Waals surface area contributed by atoms with Crippen LogP contribution >= 0.6 is 0 Å². The van der Waals surface area contributed by atoms with Crippen molar-refractivity contribution in [1.29, 1.82) is 0 Å². The number of ether oxygens (including phenoxy) is 2. The molecule has 1 aromatic carbocycles. The van der Waals surface area contributed by atoms with Gasteiger partial charge in [0, 0.05) is 18.4 Å². The summed E-state index contributed by atoms with van der Waals surface area (Å²) in [6, 6.07) is 3.20. The lowest BCUT2D eigenvalue weighted by molar-refractivity contribution is -0.902. The van der Waals surface area contributed by atoms with Gasteiger partial charge in [0.05, 0.1) is 26.1 Å². The second-order valence-electron chi connectivity index (χ2n) is 9.10. The van der Waals surface area contributed by atoms with Crippen LogP contribution < -0.4 is 9.47 Å². The minimum atomic E-state index is -2.27. The number of ketones is 1. The first-order valence-electron chi connectivity index (χ1n) is 10.5. The number of nitrogens with zero attached hydrogens (tertiary/aromatic N) is 1. The molecular formula is C22H25NO11. The lowest BCUT2D eigenvalue weighted by atomic mass is 9.50. The number of hydroxylamine groups is 3. The fraction of sp³-hybridized carbons (Fsp3) is 0.500. The van der Waals surface area contributed by atoms with Gasteiger partial charge in [0.1, 0.15) is 11.6 Å². The zero-order chi connectivity index (χ0) is 25.2. The number of methoxy groups -OCH3 is 1. The standard InChI is InChI=1S/C18H19NO5.C4H6O6/c1-19(22)8-7-17-14-10-3-4-12(23-2)15(14)24-16(17)11(20)5-6-18(17,21)13(19)9-10;5-1(3(7)8)2(6)4(9)10/h3-6,13,16,21H,7-9H2,1-2H3;1-2,5-6H,(H,7,8)(H,9,10)/t13-,16+,17+,18-,19?;1-,2-/m11/s1. The highest BCUT2D eigenvalue weighted by molar-refractivity contribution is 5.99. The SMILES string of the molecule is COc1ccc2c3c1O[C@H]1C(=O)C=C[C@@]4(O)[C@@H](C2)[N+](C)([O-])CC[C@]314.O=C(O)[C@H](O)[C@@H](O)C(=O)O. The lowest BCUT2D eigenvalue weighted by Gasteiger charge is -2.64. The fourth-order valence-corrected chi connectivity index (χ4v) is 5.71. The molecule has 0 amide bonds. The Labute approximate surface area is 193 Å². The van der Waals surface area contributed by atoms with E-state index >= 15 is 0 Å². The molecule has 0 saturated carbocycles. The van der Waals surface area contributed by atoms with Gasteiger partial charge in [0.25, 0.3) is 0 Å². The van der Waals surface area contributed by atoms with Crippen molar-refractivity contribution in [3.05, 3.63) is 40.6 Å². The van der Waals surface area contributed by atoms with E-state index in [4.69, 9.17) is 29.9 Å². The highest BCUT2D eigenvalue weighted by Gasteiger charge is 2.74. The van der Waals surface area contributed by atoms with Crippen LogP contribution in [0.4, 0.5) is 0 Å². The highest BCUT2D eigenvalue weighted by Crippen LogP contribution is 2.64. The van der Waals surface area contributed by atoms with Gasteiger partial charge in [0.2, 0.25) is 0 Å². The molecule has 1 aromatic rings. The molecule has 5 rings (SSSR count). The molecule has 184 valence electrons. The smallest absolute Gasteiger partial charge is 0.335 e. The summed E-state index contributed by atoms with van der Waals surface area (Å²) in [5.41, 5.74) is -0.428. The van der Waals surface area contributed by atoms with E-state index in [1.807, 2.05) is 12.1 Å². The van der Waals surface area contributed by atoms with Crippen LogP contribution in [0.2, 0.25) is 0 Å².